The van der Waals surface area contributed by atoms with E-state index in [9.17, 15) is 5.11 Å². The number of hydrogen-bond acceptors (Lipinski definition) is 3. The van der Waals surface area contributed by atoms with Crippen molar-refractivity contribution in [2.45, 2.75) is 19.6 Å². The first-order valence-electron chi connectivity index (χ1n) is 6.96. The SMILES string of the molecule is COc1ccccc1Cn1c(C(C)O)nc2ccccc21. The van der Waals surface area contributed by atoms with Gasteiger partial charge in [-0.05, 0) is 25.1 Å². The van der Waals surface area contributed by atoms with Gasteiger partial charge in [0.05, 0.1) is 24.7 Å². The number of aromatic nitrogens is 2. The molecule has 108 valence electrons. The summed E-state index contributed by atoms with van der Waals surface area (Å²) in [5.41, 5.74) is 2.97. The summed E-state index contributed by atoms with van der Waals surface area (Å²) in [6.07, 6.45) is -0.618. The van der Waals surface area contributed by atoms with Crippen molar-refractivity contribution in [1.82, 2.24) is 9.55 Å². The molecule has 21 heavy (non-hydrogen) atoms. The van der Waals surface area contributed by atoms with Crippen molar-refractivity contribution in [3.63, 3.8) is 0 Å². The molecule has 0 spiro atoms. The molecular formula is C17H18N2O2. The zero-order chi connectivity index (χ0) is 14.8. The molecule has 0 aliphatic heterocycles. The Bertz CT molecular complexity index is 762. The summed E-state index contributed by atoms with van der Waals surface area (Å²) in [5.74, 6) is 1.51. The predicted molar refractivity (Wildman–Crippen MR) is 82.5 cm³/mol. The van der Waals surface area contributed by atoms with E-state index in [-0.39, 0.29) is 0 Å². The molecule has 0 saturated carbocycles. The van der Waals surface area contributed by atoms with E-state index in [2.05, 4.69) is 4.98 Å². The van der Waals surface area contributed by atoms with Gasteiger partial charge in [0.1, 0.15) is 17.7 Å². The molecule has 2 aromatic carbocycles. The number of imidazole rings is 1. The lowest BCUT2D eigenvalue weighted by molar-refractivity contribution is 0.185. The Labute approximate surface area is 123 Å². The Morgan fingerprint density at radius 2 is 1.86 bits per heavy atom. The highest BCUT2D eigenvalue weighted by Gasteiger charge is 2.15. The molecule has 0 fully saturated rings. The first-order chi connectivity index (χ1) is 10.2. The smallest absolute Gasteiger partial charge is 0.138 e. The van der Waals surface area contributed by atoms with Crippen molar-refractivity contribution in [1.29, 1.82) is 0 Å². The maximum absolute atomic E-state index is 10.00. The van der Waals surface area contributed by atoms with Crippen molar-refractivity contribution >= 4 is 11.0 Å². The summed E-state index contributed by atoms with van der Waals surface area (Å²) in [4.78, 5) is 4.54. The van der Waals surface area contributed by atoms with Crippen molar-refractivity contribution in [3.8, 4) is 5.75 Å². The highest BCUT2D eigenvalue weighted by atomic mass is 16.5. The summed E-state index contributed by atoms with van der Waals surface area (Å²) in [7, 11) is 1.67. The molecule has 1 unspecified atom stereocenters. The molecule has 4 heteroatoms. The van der Waals surface area contributed by atoms with Gasteiger partial charge in [0.25, 0.3) is 0 Å². The van der Waals surface area contributed by atoms with E-state index in [1.807, 2.05) is 53.1 Å². The first kappa shape index (κ1) is 13.6. The number of aliphatic hydroxyl groups is 1. The Hall–Kier alpha value is -2.33. The highest BCUT2D eigenvalue weighted by molar-refractivity contribution is 5.76. The van der Waals surface area contributed by atoms with Gasteiger partial charge in [-0.25, -0.2) is 4.98 Å². The number of benzene rings is 2. The van der Waals surface area contributed by atoms with E-state index >= 15 is 0 Å². The van der Waals surface area contributed by atoms with Crippen LogP contribution < -0.4 is 4.74 Å². The normalized spacial score (nSPS) is 12.5. The van der Waals surface area contributed by atoms with E-state index in [0.29, 0.717) is 12.4 Å². The maximum atomic E-state index is 10.00. The van der Waals surface area contributed by atoms with Crippen molar-refractivity contribution < 1.29 is 9.84 Å². The number of ether oxygens (including phenoxy) is 1. The third-order valence-corrected chi connectivity index (χ3v) is 3.58. The monoisotopic (exact) mass is 282 g/mol. The van der Waals surface area contributed by atoms with Gasteiger partial charge >= 0.3 is 0 Å². The van der Waals surface area contributed by atoms with Crippen molar-refractivity contribution in [2.75, 3.05) is 7.11 Å². The van der Waals surface area contributed by atoms with E-state index < -0.39 is 6.10 Å². The van der Waals surface area contributed by atoms with Crippen LogP contribution in [0.5, 0.6) is 5.75 Å². The number of nitrogens with zero attached hydrogens (tertiary/aromatic N) is 2. The number of aliphatic hydroxyl groups excluding tert-OH is 1. The van der Waals surface area contributed by atoms with Gasteiger partial charge in [0.2, 0.25) is 0 Å². The van der Waals surface area contributed by atoms with Crippen LogP contribution in [-0.2, 0) is 6.54 Å². The van der Waals surface area contributed by atoms with E-state index in [4.69, 9.17) is 4.74 Å². The molecule has 1 heterocycles. The molecule has 0 saturated heterocycles. The second-order valence-corrected chi connectivity index (χ2v) is 5.03. The number of hydrogen-bond donors (Lipinski definition) is 1. The zero-order valence-corrected chi connectivity index (χ0v) is 12.2. The maximum Gasteiger partial charge on any atom is 0.138 e. The van der Waals surface area contributed by atoms with Gasteiger partial charge in [-0.15, -0.1) is 0 Å². The summed E-state index contributed by atoms with van der Waals surface area (Å²) in [6, 6.07) is 15.8. The molecule has 4 nitrogen and oxygen atoms in total. The molecular weight excluding hydrogens is 264 g/mol. The lowest BCUT2D eigenvalue weighted by Crippen LogP contribution is -2.08. The molecule has 0 radical (unpaired) electrons. The molecule has 0 bridgehead atoms. The molecule has 0 aliphatic carbocycles. The van der Waals surface area contributed by atoms with Crippen LogP contribution in [0.15, 0.2) is 48.5 Å². The van der Waals surface area contributed by atoms with Crippen molar-refractivity contribution in [2.24, 2.45) is 0 Å². The van der Waals surface area contributed by atoms with Gasteiger partial charge in [0.15, 0.2) is 0 Å². The van der Waals surface area contributed by atoms with Gasteiger partial charge < -0.3 is 14.4 Å². The van der Waals surface area contributed by atoms with Crippen LogP contribution in [0.1, 0.15) is 24.4 Å². The molecule has 0 amide bonds. The number of fused-ring (bicyclic) bond motifs is 1. The average molecular weight is 282 g/mol. The summed E-state index contributed by atoms with van der Waals surface area (Å²) >= 11 is 0. The fraction of sp³-hybridized carbons (Fsp3) is 0.235. The largest absolute Gasteiger partial charge is 0.496 e. The summed E-state index contributed by atoms with van der Waals surface area (Å²) < 4.78 is 7.45. The molecule has 1 aromatic heterocycles. The summed E-state index contributed by atoms with van der Waals surface area (Å²) in [6.45, 7) is 2.35. The topological polar surface area (TPSA) is 47.3 Å². The van der Waals surface area contributed by atoms with Gasteiger partial charge in [-0.2, -0.15) is 0 Å². The van der Waals surface area contributed by atoms with E-state index in [0.717, 1.165) is 22.3 Å². The zero-order valence-electron chi connectivity index (χ0n) is 12.2. The van der Waals surface area contributed by atoms with Crippen molar-refractivity contribution in [3.05, 3.63) is 59.9 Å². The van der Waals surface area contributed by atoms with Crippen LogP contribution in [0.3, 0.4) is 0 Å². The Morgan fingerprint density at radius 1 is 1.14 bits per heavy atom. The lowest BCUT2D eigenvalue weighted by atomic mass is 10.2. The van der Waals surface area contributed by atoms with Crippen LogP contribution >= 0.6 is 0 Å². The quantitative estimate of drug-likeness (QED) is 0.799. The second-order valence-electron chi connectivity index (χ2n) is 5.03. The minimum absolute atomic E-state index is 0.616. The Morgan fingerprint density at radius 3 is 2.62 bits per heavy atom. The van der Waals surface area contributed by atoms with Crippen LogP contribution in [0, 0.1) is 0 Å². The molecule has 3 rings (SSSR count). The molecule has 3 aromatic rings. The fourth-order valence-corrected chi connectivity index (χ4v) is 2.58. The third-order valence-electron chi connectivity index (χ3n) is 3.58. The third kappa shape index (κ3) is 2.50. The molecule has 1 N–H and O–H groups in total. The Kier molecular flexibility index (Phi) is 3.62. The number of para-hydroxylation sites is 3. The van der Waals surface area contributed by atoms with Crippen LogP contribution in [0.2, 0.25) is 0 Å². The number of methoxy groups -OCH3 is 1. The fourth-order valence-electron chi connectivity index (χ4n) is 2.58. The van der Waals surface area contributed by atoms with Gasteiger partial charge in [-0.3, -0.25) is 0 Å². The van der Waals surface area contributed by atoms with Crippen LogP contribution in [0.4, 0.5) is 0 Å². The number of rotatable bonds is 4. The standard InChI is InChI=1S/C17H18N2O2/c1-12(20)17-18-14-8-4-5-9-15(14)19(17)11-13-7-3-6-10-16(13)21-2/h3-10,12,20H,11H2,1-2H3. The average Bonchev–Trinajstić information content (AvgIpc) is 2.87. The highest BCUT2D eigenvalue weighted by Crippen LogP contribution is 2.25. The van der Waals surface area contributed by atoms with Crippen LogP contribution in [0.25, 0.3) is 11.0 Å². The minimum Gasteiger partial charge on any atom is -0.496 e. The Balaban J connectivity index is 2.13. The second kappa shape index (κ2) is 5.58. The van der Waals surface area contributed by atoms with E-state index in [1.165, 1.54) is 0 Å². The summed E-state index contributed by atoms with van der Waals surface area (Å²) in [5, 5.41) is 10.00. The molecule has 0 aliphatic rings. The predicted octanol–water partition coefficient (Wildman–Crippen LogP) is 3.15. The lowest BCUT2D eigenvalue weighted by Gasteiger charge is -2.13. The minimum atomic E-state index is -0.618. The van der Waals surface area contributed by atoms with Crippen LogP contribution in [-0.4, -0.2) is 21.8 Å². The van der Waals surface area contributed by atoms with Gasteiger partial charge in [0, 0.05) is 5.56 Å². The molecule has 1 atom stereocenters. The van der Waals surface area contributed by atoms with Gasteiger partial charge in [-0.1, -0.05) is 30.3 Å². The van der Waals surface area contributed by atoms with E-state index in [1.54, 1.807) is 14.0 Å². The first-order valence-corrected chi connectivity index (χ1v) is 6.96.